The van der Waals surface area contributed by atoms with Gasteiger partial charge in [0.1, 0.15) is 5.69 Å². The van der Waals surface area contributed by atoms with Crippen molar-refractivity contribution in [2.24, 2.45) is 4.99 Å². The average Bonchev–Trinajstić information content (AvgIpc) is 2.93. The van der Waals surface area contributed by atoms with Crippen molar-refractivity contribution in [1.82, 2.24) is 20.4 Å². The fourth-order valence-electron chi connectivity index (χ4n) is 3.76. The minimum absolute atomic E-state index is 0.0647. The van der Waals surface area contributed by atoms with E-state index >= 15 is 0 Å². The summed E-state index contributed by atoms with van der Waals surface area (Å²) < 4.78 is 19.5. The number of benzene rings is 1. The Labute approximate surface area is 220 Å². The number of hydrazine groups is 1. The van der Waals surface area contributed by atoms with Crippen molar-refractivity contribution in [1.29, 1.82) is 0 Å². The molecule has 1 aromatic carbocycles. The Hall–Kier alpha value is -4.64. The van der Waals surface area contributed by atoms with E-state index in [1.165, 1.54) is 6.20 Å². The van der Waals surface area contributed by atoms with Crippen LogP contribution in [0.4, 0.5) is 27.5 Å². The van der Waals surface area contributed by atoms with Crippen LogP contribution in [-0.4, -0.2) is 53.4 Å². The van der Waals surface area contributed by atoms with Gasteiger partial charge >= 0.3 is 0 Å². The highest BCUT2D eigenvalue weighted by molar-refractivity contribution is 5.93. The fourth-order valence-corrected chi connectivity index (χ4v) is 3.76. The molecule has 0 saturated carbocycles. The summed E-state index contributed by atoms with van der Waals surface area (Å²) in [4.78, 5) is 30.7. The summed E-state index contributed by atoms with van der Waals surface area (Å²) >= 11 is 0. The summed E-state index contributed by atoms with van der Waals surface area (Å²) in [5.74, 6) is -0.808. The minimum atomic E-state index is -0.540. The number of rotatable bonds is 9. The number of pyridine rings is 1. The first-order valence-corrected chi connectivity index (χ1v) is 12.0. The van der Waals surface area contributed by atoms with Crippen molar-refractivity contribution < 1.29 is 13.9 Å². The zero-order valence-electron chi connectivity index (χ0n) is 21.2. The van der Waals surface area contributed by atoms with E-state index in [1.54, 1.807) is 29.4 Å². The number of hydrogen-bond acceptors (Lipinski definition) is 9. The number of nitrogens with zero attached hydrogens (tertiary/aromatic N) is 5. The molecule has 3 aromatic rings. The summed E-state index contributed by atoms with van der Waals surface area (Å²) in [5, 5.41) is 3.32. The van der Waals surface area contributed by atoms with Gasteiger partial charge in [-0.2, -0.15) is 4.98 Å². The molecular formula is C27H29FN8O2. The van der Waals surface area contributed by atoms with E-state index < -0.39 is 11.7 Å². The maximum atomic E-state index is 14.2. The van der Waals surface area contributed by atoms with Crippen molar-refractivity contribution >= 4 is 40.8 Å². The van der Waals surface area contributed by atoms with Crippen LogP contribution in [-0.2, 0) is 4.74 Å². The molecule has 11 heteroatoms. The van der Waals surface area contributed by atoms with Crippen LogP contribution in [0, 0.1) is 12.7 Å². The third-order valence-electron chi connectivity index (χ3n) is 5.66. The summed E-state index contributed by atoms with van der Waals surface area (Å²) in [7, 11) is 0. The number of aryl methyl sites for hydroxylation is 1. The van der Waals surface area contributed by atoms with Gasteiger partial charge in [0.25, 0.3) is 5.91 Å². The second-order valence-corrected chi connectivity index (χ2v) is 8.52. The lowest BCUT2D eigenvalue weighted by Crippen LogP contribution is -2.38. The van der Waals surface area contributed by atoms with Crippen molar-refractivity contribution in [3.05, 3.63) is 84.2 Å². The van der Waals surface area contributed by atoms with Crippen molar-refractivity contribution in [3.63, 3.8) is 0 Å². The molecule has 1 fully saturated rings. The largest absolute Gasteiger partial charge is 0.378 e. The zero-order chi connectivity index (χ0) is 26.9. The second kappa shape index (κ2) is 12.5. The van der Waals surface area contributed by atoms with Gasteiger partial charge in [-0.1, -0.05) is 12.6 Å². The van der Waals surface area contributed by atoms with E-state index in [-0.39, 0.29) is 17.5 Å². The monoisotopic (exact) mass is 516 g/mol. The number of aliphatic imine (C=N–C) groups is 1. The van der Waals surface area contributed by atoms with Crippen LogP contribution in [0.2, 0.25) is 0 Å². The number of hydrogen-bond donors (Lipinski definition) is 3. The standard InChI is InChI=1S/C27H29FN8O2/c1-4-29-8-7-19(3)20-13-18(2)14-22(15-20)32-21-5-6-24(30-16-21)26(37)34-35-27-31-17-23(28)25(33-27)36-9-11-38-12-10-36/h4-8,13-17,32H,1,9-12H2,2-3H3,(H,34,37)(H,31,33,35)/b19-7+,29-8?. The molecule has 0 aliphatic carbocycles. The molecule has 1 aliphatic rings. The molecule has 0 spiro atoms. The zero-order valence-corrected chi connectivity index (χ0v) is 21.2. The lowest BCUT2D eigenvalue weighted by Gasteiger charge is -2.28. The molecule has 10 nitrogen and oxygen atoms in total. The molecule has 0 radical (unpaired) electrons. The van der Waals surface area contributed by atoms with E-state index in [9.17, 15) is 9.18 Å². The molecule has 3 heterocycles. The van der Waals surface area contributed by atoms with Crippen LogP contribution in [0.1, 0.15) is 28.5 Å². The highest BCUT2D eigenvalue weighted by Crippen LogP contribution is 2.24. The molecule has 3 N–H and O–H groups in total. The van der Waals surface area contributed by atoms with Crippen molar-refractivity contribution in [2.45, 2.75) is 13.8 Å². The molecule has 2 aromatic heterocycles. The normalized spacial score (nSPS) is 13.9. The van der Waals surface area contributed by atoms with E-state index in [0.717, 1.165) is 34.3 Å². The summed E-state index contributed by atoms with van der Waals surface area (Å²) in [6, 6.07) is 9.49. The highest BCUT2D eigenvalue weighted by atomic mass is 19.1. The quantitative estimate of drug-likeness (QED) is 0.285. The summed E-state index contributed by atoms with van der Waals surface area (Å²) in [6.45, 7) is 9.64. The number of nitrogens with one attached hydrogen (secondary N) is 3. The SMILES string of the molecule is C=CN=C/C=C(\C)c1cc(C)cc(Nc2ccc(C(=O)NNc3ncc(F)c(N4CCOCC4)n3)nc2)c1. The van der Waals surface area contributed by atoms with Gasteiger partial charge in [0.15, 0.2) is 11.6 Å². The highest BCUT2D eigenvalue weighted by Gasteiger charge is 2.18. The van der Waals surface area contributed by atoms with Crippen LogP contribution >= 0.6 is 0 Å². The molecule has 0 bridgehead atoms. The number of amides is 1. The third-order valence-corrected chi connectivity index (χ3v) is 5.66. The number of allylic oxidation sites excluding steroid dienone is 2. The van der Waals surface area contributed by atoms with Gasteiger partial charge in [-0.25, -0.2) is 14.4 Å². The Bertz CT molecular complexity index is 1350. The van der Waals surface area contributed by atoms with E-state index in [2.05, 4.69) is 48.8 Å². The first-order chi connectivity index (χ1) is 18.4. The average molecular weight is 517 g/mol. The molecule has 0 atom stereocenters. The first kappa shape index (κ1) is 26.4. The van der Waals surface area contributed by atoms with Gasteiger partial charge in [0.2, 0.25) is 5.95 Å². The van der Waals surface area contributed by atoms with Crippen LogP contribution < -0.4 is 21.1 Å². The van der Waals surface area contributed by atoms with Crippen molar-refractivity contribution in [2.75, 3.05) is 41.9 Å². The molecule has 1 amide bonds. The van der Waals surface area contributed by atoms with Crippen LogP contribution in [0.15, 0.2) is 66.6 Å². The van der Waals surface area contributed by atoms with E-state index in [4.69, 9.17) is 4.74 Å². The van der Waals surface area contributed by atoms with Gasteiger partial charge in [0.05, 0.1) is 31.3 Å². The van der Waals surface area contributed by atoms with Gasteiger partial charge < -0.3 is 15.0 Å². The Kier molecular flexibility index (Phi) is 8.73. The summed E-state index contributed by atoms with van der Waals surface area (Å²) in [6.07, 6.45) is 7.74. The predicted octanol–water partition coefficient (Wildman–Crippen LogP) is 4.27. The topological polar surface area (TPSA) is 117 Å². The third kappa shape index (κ3) is 6.98. The number of halogens is 1. The maximum Gasteiger partial charge on any atom is 0.288 e. The Balaban J connectivity index is 1.38. The molecule has 0 unspecified atom stereocenters. The molecule has 196 valence electrons. The fraction of sp³-hybridized carbons (Fsp3) is 0.222. The minimum Gasteiger partial charge on any atom is -0.378 e. The number of ether oxygens (including phenoxy) is 1. The van der Waals surface area contributed by atoms with Crippen molar-refractivity contribution in [3.8, 4) is 0 Å². The first-order valence-electron chi connectivity index (χ1n) is 12.0. The van der Waals surface area contributed by atoms with Gasteiger partial charge in [-0.15, -0.1) is 0 Å². The summed E-state index contributed by atoms with van der Waals surface area (Å²) in [5.41, 5.74) is 10.1. The Morgan fingerprint density at radius 2 is 1.97 bits per heavy atom. The van der Waals surface area contributed by atoms with Crippen LogP contribution in [0.5, 0.6) is 0 Å². The number of anilines is 4. The number of morpholine rings is 1. The molecule has 1 aliphatic heterocycles. The Morgan fingerprint density at radius 1 is 1.16 bits per heavy atom. The molecule has 4 rings (SSSR count). The lowest BCUT2D eigenvalue weighted by molar-refractivity contribution is 0.0957. The van der Waals surface area contributed by atoms with Gasteiger partial charge in [-0.3, -0.25) is 20.6 Å². The number of aromatic nitrogens is 3. The van der Waals surface area contributed by atoms with E-state index in [1.807, 2.05) is 32.1 Å². The predicted molar refractivity (Wildman–Crippen MR) is 147 cm³/mol. The number of carbonyl (C=O) groups excluding carboxylic acids is 1. The molecule has 38 heavy (non-hydrogen) atoms. The molecule has 1 saturated heterocycles. The lowest BCUT2D eigenvalue weighted by atomic mass is 10.0. The molecular weight excluding hydrogens is 487 g/mol. The second-order valence-electron chi connectivity index (χ2n) is 8.52. The van der Waals surface area contributed by atoms with Crippen LogP contribution in [0.3, 0.4) is 0 Å². The van der Waals surface area contributed by atoms with Gasteiger partial charge in [-0.05, 0) is 60.9 Å². The maximum absolute atomic E-state index is 14.2. The van der Waals surface area contributed by atoms with E-state index in [0.29, 0.717) is 26.3 Å². The smallest absolute Gasteiger partial charge is 0.288 e. The van der Waals surface area contributed by atoms with Gasteiger partial charge in [0, 0.05) is 31.2 Å². The number of carbonyl (C=O) groups is 1. The Morgan fingerprint density at radius 3 is 2.71 bits per heavy atom. The van der Waals surface area contributed by atoms with Crippen LogP contribution in [0.25, 0.3) is 5.57 Å².